The van der Waals surface area contributed by atoms with Crippen LogP contribution in [0.3, 0.4) is 0 Å². The topological polar surface area (TPSA) is 49.4 Å². The van der Waals surface area contributed by atoms with Crippen LogP contribution in [0.4, 0.5) is 0 Å². The third-order valence-electron chi connectivity index (χ3n) is 3.87. The molecule has 2 aliphatic rings. The molecule has 4 heteroatoms. The fourth-order valence-electron chi connectivity index (χ4n) is 2.47. The van der Waals surface area contributed by atoms with E-state index in [0.717, 1.165) is 6.42 Å². The third kappa shape index (κ3) is 1.60. The number of amides is 2. The molecule has 2 rings (SSSR count). The van der Waals surface area contributed by atoms with Gasteiger partial charge in [0.25, 0.3) is 0 Å². The maximum Gasteiger partial charge on any atom is 0.246 e. The molecule has 2 amide bonds. The molecule has 0 aromatic rings. The molecule has 0 spiro atoms. The number of nitrogens with zero attached hydrogens (tertiary/aromatic N) is 1. The van der Waals surface area contributed by atoms with Crippen molar-refractivity contribution >= 4 is 11.8 Å². The van der Waals surface area contributed by atoms with Crippen molar-refractivity contribution in [1.82, 2.24) is 10.2 Å². The van der Waals surface area contributed by atoms with Gasteiger partial charge in [-0.1, -0.05) is 20.8 Å². The molecule has 0 bridgehead atoms. The number of carbonyl (C=O) groups is 2. The zero-order chi connectivity index (χ0) is 12.1. The Morgan fingerprint density at radius 3 is 2.44 bits per heavy atom. The van der Waals surface area contributed by atoms with Crippen LogP contribution < -0.4 is 5.32 Å². The second-order valence-electron chi connectivity index (χ2n) is 5.60. The van der Waals surface area contributed by atoms with Crippen molar-refractivity contribution in [2.45, 2.75) is 58.7 Å². The van der Waals surface area contributed by atoms with Gasteiger partial charge in [0.15, 0.2) is 0 Å². The van der Waals surface area contributed by atoms with Crippen LogP contribution in [-0.2, 0) is 9.59 Å². The highest BCUT2D eigenvalue weighted by Crippen LogP contribution is 2.49. The predicted molar refractivity (Wildman–Crippen MR) is 60.7 cm³/mol. The van der Waals surface area contributed by atoms with Gasteiger partial charge in [-0.05, 0) is 25.2 Å². The summed E-state index contributed by atoms with van der Waals surface area (Å²) in [7, 11) is 0. The summed E-state index contributed by atoms with van der Waals surface area (Å²) in [5.41, 5.74) is 0.180. The van der Waals surface area contributed by atoms with E-state index >= 15 is 0 Å². The van der Waals surface area contributed by atoms with E-state index in [9.17, 15) is 9.59 Å². The summed E-state index contributed by atoms with van der Waals surface area (Å²) in [6, 6.07) is -0.391. The van der Waals surface area contributed by atoms with Gasteiger partial charge in [-0.15, -0.1) is 0 Å². The van der Waals surface area contributed by atoms with Crippen LogP contribution >= 0.6 is 0 Å². The average molecular weight is 224 g/mol. The van der Waals surface area contributed by atoms with Crippen molar-refractivity contribution in [2.75, 3.05) is 0 Å². The van der Waals surface area contributed by atoms with Gasteiger partial charge in [0, 0.05) is 6.04 Å². The van der Waals surface area contributed by atoms with Crippen molar-refractivity contribution in [3.05, 3.63) is 0 Å². The minimum absolute atomic E-state index is 0.0193. The summed E-state index contributed by atoms with van der Waals surface area (Å²) in [4.78, 5) is 25.7. The predicted octanol–water partition coefficient (Wildman–Crippen LogP) is 0.910. The highest BCUT2D eigenvalue weighted by molar-refractivity contribution is 5.97. The molecule has 90 valence electrons. The Morgan fingerprint density at radius 2 is 2.00 bits per heavy atom. The second-order valence-corrected chi connectivity index (χ2v) is 5.60. The van der Waals surface area contributed by atoms with Crippen molar-refractivity contribution in [3.63, 3.8) is 0 Å². The fraction of sp³-hybridized carbons (Fsp3) is 0.833. The van der Waals surface area contributed by atoms with E-state index in [2.05, 4.69) is 19.2 Å². The minimum atomic E-state index is -0.319. The van der Waals surface area contributed by atoms with Gasteiger partial charge in [0.05, 0.1) is 0 Å². The van der Waals surface area contributed by atoms with Gasteiger partial charge < -0.3 is 10.2 Å². The van der Waals surface area contributed by atoms with Crippen LogP contribution in [0.5, 0.6) is 0 Å². The second kappa shape index (κ2) is 3.47. The molecule has 3 atom stereocenters. The standard InChI is InChI=1S/C12H20N2O2/c1-5-8-11(16)14(7(2)10(15)13-8)9-6-12(9,3)4/h7-9H,5-6H2,1-4H3,(H,13,15). The van der Waals surface area contributed by atoms with Gasteiger partial charge in [-0.3, -0.25) is 9.59 Å². The average Bonchev–Trinajstić information content (AvgIpc) is 2.81. The summed E-state index contributed by atoms with van der Waals surface area (Å²) in [5.74, 6) is 0.0688. The molecule has 1 N–H and O–H groups in total. The van der Waals surface area contributed by atoms with Gasteiger partial charge in [-0.25, -0.2) is 0 Å². The Morgan fingerprint density at radius 1 is 1.44 bits per heavy atom. The smallest absolute Gasteiger partial charge is 0.246 e. The number of rotatable bonds is 2. The van der Waals surface area contributed by atoms with E-state index in [0.29, 0.717) is 6.42 Å². The molecule has 0 aromatic heterocycles. The summed E-state index contributed by atoms with van der Waals surface area (Å²) >= 11 is 0. The molecule has 1 aliphatic heterocycles. The largest absolute Gasteiger partial charge is 0.343 e. The van der Waals surface area contributed by atoms with E-state index in [1.165, 1.54) is 0 Å². The highest BCUT2D eigenvalue weighted by atomic mass is 16.2. The van der Waals surface area contributed by atoms with Crippen LogP contribution in [0.1, 0.15) is 40.5 Å². The van der Waals surface area contributed by atoms with E-state index < -0.39 is 0 Å². The van der Waals surface area contributed by atoms with Crippen LogP contribution in [0.2, 0.25) is 0 Å². The molecule has 0 radical (unpaired) electrons. The number of piperazine rings is 1. The molecule has 3 unspecified atom stereocenters. The molecule has 2 fully saturated rings. The fourth-order valence-corrected chi connectivity index (χ4v) is 2.47. The summed E-state index contributed by atoms with van der Waals surface area (Å²) < 4.78 is 0. The number of carbonyl (C=O) groups excluding carboxylic acids is 2. The Balaban J connectivity index is 2.20. The molecule has 4 nitrogen and oxygen atoms in total. The lowest BCUT2D eigenvalue weighted by molar-refractivity contribution is -0.149. The maximum atomic E-state index is 12.2. The summed E-state index contributed by atoms with van der Waals surface area (Å²) in [6.45, 7) is 8.03. The quantitative estimate of drug-likeness (QED) is 0.758. The lowest BCUT2D eigenvalue weighted by Gasteiger charge is -2.38. The van der Waals surface area contributed by atoms with E-state index in [1.54, 1.807) is 4.90 Å². The molecular formula is C12H20N2O2. The first-order valence-corrected chi connectivity index (χ1v) is 6.01. The molecule has 16 heavy (non-hydrogen) atoms. The first kappa shape index (κ1) is 11.4. The summed E-state index contributed by atoms with van der Waals surface area (Å²) in [6.07, 6.45) is 1.67. The molecule has 1 heterocycles. The van der Waals surface area contributed by atoms with Gasteiger partial charge in [0.1, 0.15) is 12.1 Å². The van der Waals surface area contributed by atoms with Gasteiger partial charge in [0.2, 0.25) is 11.8 Å². The molecule has 1 saturated heterocycles. The van der Waals surface area contributed by atoms with Crippen LogP contribution in [0, 0.1) is 5.41 Å². The van der Waals surface area contributed by atoms with Crippen LogP contribution in [0.25, 0.3) is 0 Å². The first-order valence-electron chi connectivity index (χ1n) is 6.01. The van der Waals surface area contributed by atoms with Crippen LogP contribution in [0.15, 0.2) is 0 Å². The molecule has 0 aromatic carbocycles. The van der Waals surface area contributed by atoms with Crippen molar-refractivity contribution < 1.29 is 9.59 Å². The molecule has 1 aliphatic carbocycles. The number of hydrogen-bond acceptors (Lipinski definition) is 2. The van der Waals surface area contributed by atoms with E-state index in [4.69, 9.17) is 0 Å². The Labute approximate surface area is 96.4 Å². The zero-order valence-corrected chi connectivity index (χ0v) is 10.4. The zero-order valence-electron chi connectivity index (χ0n) is 10.4. The monoisotopic (exact) mass is 224 g/mol. The number of hydrogen-bond donors (Lipinski definition) is 1. The molecule has 1 saturated carbocycles. The molecular weight excluding hydrogens is 204 g/mol. The van der Waals surface area contributed by atoms with Gasteiger partial charge >= 0.3 is 0 Å². The normalized spacial score (nSPS) is 37.2. The summed E-state index contributed by atoms with van der Waals surface area (Å²) in [5, 5.41) is 2.78. The highest BCUT2D eigenvalue weighted by Gasteiger charge is 2.55. The van der Waals surface area contributed by atoms with Crippen molar-refractivity contribution in [2.24, 2.45) is 5.41 Å². The van der Waals surface area contributed by atoms with Crippen molar-refractivity contribution in [1.29, 1.82) is 0 Å². The maximum absolute atomic E-state index is 12.2. The lowest BCUT2D eigenvalue weighted by Crippen LogP contribution is -2.63. The Bertz CT molecular complexity index is 338. The van der Waals surface area contributed by atoms with E-state index in [-0.39, 0.29) is 35.4 Å². The lowest BCUT2D eigenvalue weighted by atomic mass is 10.0. The minimum Gasteiger partial charge on any atom is -0.343 e. The van der Waals surface area contributed by atoms with Crippen LogP contribution in [-0.4, -0.2) is 34.8 Å². The first-order chi connectivity index (χ1) is 7.38. The Hall–Kier alpha value is -1.06. The SMILES string of the molecule is CCC1NC(=O)C(C)N(C2CC2(C)C)C1=O. The third-order valence-corrected chi connectivity index (χ3v) is 3.87. The number of nitrogens with one attached hydrogen (secondary N) is 1. The van der Waals surface area contributed by atoms with Gasteiger partial charge in [-0.2, -0.15) is 0 Å². The van der Waals surface area contributed by atoms with E-state index in [1.807, 2.05) is 13.8 Å². The van der Waals surface area contributed by atoms with Crippen molar-refractivity contribution in [3.8, 4) is 0 Å². The Kier molecular flexibility index (Phi) is 2.48.